The summed E-state index contributed by atoms with van der Waals surface area (Å²) < 4.78 is 2.84. The van der Waals surface area contributed by atoms with Crippen LogP contribution < -0.4 is 0 Å². The third kappa shape index (κ3) is 1.71. The Bertz CT molecular complexity index is 465. The van der Waals surface area contributed by atoms with Crippen LogP contribution >= 0.6 is 15.9 Å². The molecule has 1 N–H and O–H groups in total. The minimum atomic E-state index is -0.726. The molecule has 0 aromatic carbocycles. The Morgan fingerprint density at radius 1 is 1.35 bits per heavy atom. The minimum absolute atomic E-state index is 0.409. The SMILES string of the molecule is O=C(O)C1CCCc2c(Br)nc(C3CCC3)n21. The van der Waals surface area contributed by atoms with Crippen LogP contribution in [0.25, 0.3) is 0 Å². The molecule has 1 fully saturated rings. The van der Waals surface area contributed by atoms with Gasteiger partial charge in [0, 0.05) is 5.92 Å². The van der Waals surface area contributed by atoms with Crippen molar-refractivity contribution in [2.45, 2.75) is 50.5 Å². The first-order valence-electron chi connectivity index (χ1n) is 6.17. The number of aromatic nitrogens is 2. The number of hydrogen-bond donors (Lipinski definition) is 1. The van der Waals surface area contributed by atoms with Gasteiger partial charge in [0.2, 0.25) is 0 Å². The van der Waals surface area contributed by atoms with Crippen LogP contribution in [0.4, 0.5) is 0 Å². The molecule has 0 radical (unpaired) electrons. The lowest BCUT2D eigenvalue weighted by Crippen LogP contribution is -2.28. The van der Waals surface area contributed by atoms with Crippen molar-refractivity contribution in [3.8, 4) is 0 Å². The molecule has 3 rings (SSSR count). The number of nitrogens with zero attached hydrogens (tertiary/aromatic N) is 2. The maximum atomic E-state index is 11.3. The summed E-state index contributed by atoms with van der Waals surface area (Å²) in [6, 6.07) is -0.409. The van der Waals surface area contributed by atoms with Crippen molar-refractivity contribution in [2.24, 2.45) is 0 Å². The number of carboxylic acid groups (broad SMARTS) is 1. The molecule has 1 atom stereocenters. The van der Waals surface area contributed by atoms with E-state index in [1.165, 1.54) is 6.42 Å². The van der Waals surface area contributed by atoms with Gasteiger partial charge in [-0.15, -0.1) is 0 Å². The first-order valence-corrected chi connectivity index (χ1v) is 6.97. The van der Waals surface area contributed by atoms with Gasteiger partial charge in [-0.2, -0.15) is 0 Å². The first kappa shape index (κ1) is 11.3. The van der Waals surface area contributed by atoms with Crippen LogP contribution in [0.3, 0.4) is 0 Å². The standard InChI is InChI=1S/C12H15BrN2O2/c13-10-8-5-2-6-9(12(16)17)15(8)11(14-10)7-3-1-4-7/h7,9H,1-6H2,(H,16,17). The monoisotopic (exact) mass is 298 g/mol. The van der Waals surface area contributed by atoms with Gasteiger partial charge >= 0.3 is 5.97 Å². The first-order chi connectivity index (χ1) is 8.18. The summed E-state index contributed by atoms with van der Waals surface area (Å²) >= 11 is 3.48. The molecule has 4 nitrogen and oxygen atoms in total. The van der Waals surface area contributed by atoms with Crippen LogP contribution in [-0.4, -0.2) is 20.6 Å². The van der Waals surface area contributed by atoms with Gasteiger partial charge in [-0.05, 0) is 48.0 Å². The van der Waals surface area contributed by atoms with Gasteiger partial charge in [-0.25, -0.2) is 9.78 Å². The highest BCUT2D eigenvalue weighted by molar-refractivity contribution is 9.10. The molecule has 0 spiro atoms. The summed E-state index contributed by atoms with van der Waals surface area (Å²) in [5.74, 6) is 0.738. The Hall–Kier alpha value is -0.840. The zero-order valence-corrected chi connectivity index (χ0v) is 11.1. The van der Waals surface area contributed by atoms with E-state index in [4.69, 9.17) is 0 Å². The number of carbonyl (C=O) groups is 1. The Morgan fingerprint density at radius 2 is 2.12 bits per heavy atom. The summed E-state index contributed by atoms with van der Waals surface area (Å²) in [7, 11) is 0. The molecule has 1 unspecified atom stereocenters. The second kappa shape index (κ2) is 4.12. The summed E-state index contributed by atoms with van der Waals surface area (Å²) in [4.78, 5) is 15.9. The van der Waals surface area contributed by atoms with E-state index in [-0.39, 0.29) is 0 Å². The van der Waals surface area contributed by atoms with Gasteiger partial charge in [0.15, 0.2) is 0 Å². The number of rotatable bonds is 2. The molecule has 0 amide bonds. The summed E-state index contributed by atoms with van der Waals surface area (Å²) in [5.41, 5.74) is 1.07. The van der Waals surface area contributed by atoms with Crippen molar-refractivity contribution in [1.82, 2.24) is 9.55 Å². The predicted octanol–water partition coefficient (Wildman–Crippen LogP) is 2.88. The van der Waals surface area contributed by atoms with Crippen LogP contribution in [0, 0.1) is 0 Å². The molecular formula is C12H15BrN2O2. The van der Waals surface area contributed by atoms with Crippen molar-refractivity contribution in [3.05, 3.63) is 16.1 Å². The fourth-order valence-electron chi connectivity index (χ4n) is 2.81. The van der Waals surface area contributed by atoms with Gasteiger partial charge in [-0.1, -0.05) is 6.42 Å². The van der Waals surface area contributed by atoms with Gasteiger partial charge in [0.1, 0.15) is 16.5 Å². The molecule has 0 bridgehead atoms. The van der Waals surface area contributed by atoms with Crippen LogP contribution in [0.1, 0.15) is 55.6 Å². The normalized spacial score (nSPS) is 24.2. The zero-order chi connectivity index (χ0) is 12.0. The fourth-order valence-corrected chi connectivity index (χ4v) is 3.38. The molecule has 17 heavy (non-hydrogen) atoms. The zero-order valence-electron chi connectivity index (χ0n) is 9.53. The van der Waals surface area contributed by atoms with Crippen LogP contribution in [0.15, 0.2) is 4.60 Å². The second-order valence-electron chi connectivity index (χ2n) is 4.95. The maximum Gasteiger partial charge on any atom is 0.326 e. The Morgan fingerprint density at radius 3 is 2.71 bits per heavy atom. The lowest BCUT2D eigenvalue weighted by molar-refractivity contribution is -0.141. The summed E-state index contributed by atoms with van der Waals surface area (Å²) in [6.45, 7) is 0. The number of halogens is 1. The highest BCUT2D eigenvalue weighted by atomic mass is 79.9. The van der Waals surface area contributed by atoms with E-state index in [1.54, 1.807) is 0 Å². The van der Waals surface area contributed by atoms with Crippen molar-refractivity contribution >= 4 is 21.9 Å². The van der Waals surface area contributed by atoms with Gasteiger partial charge in [-0.3, -0.25) is 0 Å². The Labute approximate surface area is 108 Å². The average Bonchev–Trinajstić information content (AvgIpc) is 2.54. The van der Waals surface area contributed by atoms with E-state index in [1.807, 2.05) is 4.57 Å². The van der Waals surface area contributed by atoms with Gasteiger partial charge in [0.25, 0.3) is 0 Å². The van der Waals surface area contributed by atoms with Gasteiger partial charge in [0.05, 0.1) is 5.69 Å². The van der Waals surface area contributed by atoms with E-state index >= 15 is 0 Å². The Balaban J connectivity index is 2.08. The smallest absolute Gasteiger partial charge is 0.326 e. The highest BCUT2D eigenvalue weighted by Crippen LogP contribution is 2.41. The Kier molecular flexibility index (Phi) is 2.73. The summed E-state index contributed by atoms with van der Waals surface area (Å²) in [6.07, 6.45) is 6.13. The summed E-state index contributed by atoms with van der Waals surface area (Å²) in [5, 5.41) is 9.33. The fraction of sp³-hybridized carbons (Fsp3) is 0.667. The van der Waals surface area contributed by atoms with Crippen LogP contribution in [0.2, 0.25) is 0 Å². The topological polar surface area (TPSA) is 55.1 Å². The van der Waals surface area contributed by atoms with Crippen molar-refractivity contribution < 1.29 is 9.90 Å². The van der Waals surface area contributed by atoms with Gasteiger partial charge < -0.3 is 9.67 Å². The molecule has 1 aromatic heterocycles. The molecule has 5 heteroatoms. The predicted molar refractivity (Wildman–Crippen MR) is 66.1 cm³/mol. The van der Waals surface area contributed by atoms with Crippen molar-refractivity contribution in [3.63, 3.8) is 0 Å². The number of fused-ring (bicyclic) bond motifs is 1. The van der Waals surface area contributed by atoms with Crippen molar-refractivity contribution in [2.75, 3.05) is 0 Å². The average molecular weight is 299 g/mol. The third-order valence-electron chi connectivity index (χ3n) is 3.95. The second-order valence-corrected chi connectivity index (χ2v) is 5.70. The molecule has 0 saturated heterocycles. The van der Waals surface area contributed by atoms with Crippen LogP contribution in [-0.2, 0) is 11.2 Å². The molecule has 1 saturated carbocycles. The molecular weight excluding hydrogens is 284 g/mol. The highest BCUT2D eigenvalue weighted by Gasteiger charge is 2.34. The third-order valence-corrected chi connectivity index (χ3v) is 4.58. The molecule has 92 valence electrons. The van der Waals surface area contributed by atoms with E-state index < -0.39 is 12.0 Å². The van der Waals surface area contributed by atoms with E-state index in [9.17, 15) is 9.90 Å². The number of hydrogen-bond acceptors (Lipinski definition) is 2. The van der Waals surface area contributed by atoms with Crippen LogP contribution in [0.5, 0.6) is 0 Å². The van der Waals surface area contributed by atoms with E-state index in [0.29, 0.717) is 5.92 Å². The molecule has 1 aliphatic heterocycles. The molecule has 1 aliphatic carbocycles. The number of imidazole rings is 1. The largest absolute Gasteiger partial charge is 0.480 e. The maximum absolute atomic E-state index is 11.3. The minimum Gasteiger partial charge on any atom is -0.480 e. The number of carboxylic acids is 1. The van der Waals surface area contributed by atoms with E-state index in [2.05, 4.69) is 20.9 Å². The van der Waals surface area contributed by atoms with Crippen molar-refractivity contribution in [1.29, 1.82) is 0 Å². The lowest BCUT2D eigenvalue weighted by atomic mass is 9.84. The lowest BCUT2D eigenvalue weighted by Gasteiger charge is -2.30. The van der Waals surface area contributed by atoms with E-state index in [0.717, 1.165) is 48.2 Å². The molecule has 2 heterocycles. The quantitative estimate of drug-likeness (QED) is 0.913. The molecule has 2 aliphatic rings. The number of aliphatic carboxylic acids is 1. The molecule has 1 aromatic rings.